The average Bonchev–Trinajstić information content (AvgIpc) is 2.58. The van der Waals surface area contributed by atoms with Gasteiger partial charge in [0.1, 0.15) is 5.41 Å². The van der Waals surface area contributed by atoms with E-state index in [2.05, 4.69) is 5.32 Å². The van der Waals surface area contributed by atoms with Crippen LogP contribution in [0.1, 0.15) is 30.5 Å². The van der Waals surface area contributed by atoms with Gasteiger partial charge in [-0.15, -0.1) is 0 Å². The predicted molar refractivity (Wildman–Crippen MR) is 101 cm³/mol. The maximum Gasteiger partial charge on any atom is 0.239 e. The first-order valence-electron chi connectivity index (χ1n) is 8.40. The van der Waals surface area contributed by atoms with Gasteiger partial charge in [-0.3, -0.25) is 9.59 Å². The van der Waals surface area contributed by atoms with Gasteiger partial charge in [0, 0.05) is 19.3 Å². The minimum Gasteiger partial charge on any atom is -0.341 e. The number of nitrogens with zero attached hydrogens (tertiary/aromatic N) is 1. The molecule has 2 aromatic carbocycles. The third kappa shape index (κ3) is 4.47. The summed E-state index contributed by atoms with van der Waals surface area (Å²) < 4.78 is 0. The number of carbonyl (C=O) groups excluding carboxylic acids is 2. The molecule has 132 valence electrons. The monoisotopic (exact) mass is 338 g/mol. The van der Waals surface area contributed by atoms with Gasteiger partial charge in [-0.25, -0.2) is 0 Å². The number of rotatable bonds is 5. The van der Waals surface area contributed by atoms with Crippen LogP contribution in [0.25, 0.3) is 0 Å². The molecule has 0 aliphatic rings. The van der Waals surface area contributed by atoms with Crippen molar-refractivity contribution in [3.8, 4) is 0 Å². The van der Waals surface area contributed by atoms with Gasteiger partial charge < -0.3 is 10.2 Å². The zero-order valence-corrected chi connectivity index (χ0v) is 15.6. The Morgan fingerprint density at radius 3 is 2.32 bits per heavy atom. The van der Waals surface area contributed by atoms with E-state index < -0.39 is 5.41 Å². The molecular weight excluding hydrogens is 312 g/mol. The Kier molecular flexibility index (Phi) is 5.62. The number of carbonyl (C=O) groups is 2. The molecule has 0 unspecified atom stereocenters. The van der Waals surface area contributed by atoms with Crippen molar-refractivity contribution in [2.75, 3.05) is 12.4 Å². The number of benzene rings is 2. The van der Waals surface area contributed by atoms with Crippen molar-refractivity contribution in [3.63, 3.8) is 0 Å². The SMILES string of the molecule is Cc1ccc(C)c(NC(=O)C(C)(C)C(=O)N(C)Cc2ccccc2)c1. The van der Waals surface area contributed by atoms with Crippen LogP contribution >= 0.6 is 0 Å². The normalized spacial score (nSPS) is 11.1. The van der Waals surface area contributed by atoms with E-state index >= 15 is 0 Å². The van der Waals surface area contributed by atoms with Crippen molar-refractivity contribution in [2.45, 2.75) is 34.2 Å². The van der Waals surface area contributed by atoms with E-state index in [0.717, 1.165) is 22.4 Å². The fourth-order valence-electron chi connectivity index (χ4n) is 2.65. The largest absolute Gasteiger partial charge is 0.341 e. The lowest BCUT2D eigenvalue weighted by molar-refractivity contribution is -0.145. The molecule has 0 bridgehead atoms. The first-order valence-corrected chi connectivity index (χ1v) is 8.40. The van der Waals surface area contributed by atoms with E-state index in [1.54, 1.807) is 25.8 Å². The highest BCUT2D eigenvalue weighted by Gasteiger charge is 2.38. The summed E-state index contributed by atoms with van der Waals surface area (Å²) >= 11 is 0. The predicted octanol–water partition coefficient (Wildman–Crippen LogP) is 3.93. The first-order chi connectivity index (χ1) is 11.7. The topological polar surface area (TPSA) is 49.4 Å². The minimum atomic E-state index is -1.15. The van der Waals surface area contributed by atoms with Crippen molar-refractivity contribution < 1.29 is 9.59 Å². The second kappa shape index (κ2) is 7.51. The van der Waals surface area contributed by atoms with Crippen LogP contribution < -0.4 is 5.32 Å². The van der Waals surface area contributed by atoms with Crippen molar-refractivity contribution >= 4 is 17.5 Å². The highest BCUT2D eigenvalue weighted by atomic mass is 16.2. The van der Waals surface area contributed by atoms with Gasteiger partial charge in [0.25, 0.3) is 0 Å². The average molecular weight is 338 g/mol. The van der Waals surface area contributed by atoms with E-state index in [1.807, 2.05) is 62.4 Å². The zero-order chi connectivity index (χ0) is 18.6. The molecule has 4 nitrogen and oxygen atoms in total. The van der Waals surface area contributed by atoms with E-state index in [-0.39, 0.29) is 11.8 Å². The third-order valence-electron chi connectivity index (χ3n) is 4.35. The molecule has 25 heavy (non-hydrogen) atoms. The Morgan fingerprint density at radius 1 is 1.04 bits per heavy atom. The summed E-state index contributed by atoms with van der Waals surface area (Å²) in [7, 11) is 1.72. The minimum absolute atomic E-state index is 0.209. The lowest BCUT2D eigenvalue weighted by Crippen LogP contribution is -2.45. The van der Waals surface area contributed by atoms with Gasteiger partial charge in [-0.2, -0.15) is 0 Å². The fourth-order valence-corrected chi connectivity index (χ4v) is 2.65. The van der Waals surface area contributed by atoms with Crippen molar-refractivity contribution in [1.82, 2.24) is 4.90 Å². The Labute approximate surface area is 149 Å². The van der Waals surface area contributed by atoms with Crippen molar-refractivity contribution in [1.29, 1.82) is 0 Å². The van der Waals surface area contributed by atoms with Gasteiger partial charge in [0.05, 0.1) is 0 Å². The summed E-state index contributed by atoms with van der Waals surface area (Å²) in [5.74, 6) is -0.509. The molecule has 0 saturated heterocycles. The number of hydrogen-bond acceptors (Lipinski definition) is 2. The lowest BCUT2D eigenvalue weighted by atomic mass is 9.90. The van der Waals surface area contributed by atoms with Crippen LogP contribution in [-0.2, 0) is 16.1 Å². The first kappa shape index (κ1) is 18.7. The second-order valence-corrected chi connectivity index (χ2v) is 7.04. The maximum absolute atomic E-state index is 12.8. The van der Waals surface area contributed by atoms with Crippen LogP contribution in [0.15, 0.2) is 48.5 Å². The molecule has 0 aliphatic heterocycles. The van der Waals surface area contributed by atoms with Crippen molar-refractivity contribution in [2.24, 2.45) is 5.41 Å². The summed E-state index contributed by atoms with van der Waals surface area (Å²) in [5, 5.41) is 2.90. The molecule has 0 fully saturated rings. The molecule has 0 atom stereocenters. The zero-order valence-electron chi connectivity index (χ0n) is 15.6. The maximum atomic E-state index is 12.8. The molecule has 2 rings (SSSR count). The Balaban J connectivity index is 2.11. The van der Waals surface area contributed by atoms with Crippen LogP contribution in [0, 0.1) is 19.3 Å². The lowest BCUT2D eigenvalue weighted by Gasteiger charge is -2.28. The number of aryl methyl sites for hydroxylation is 2. The second-order valence-electron chi connectivity index (χ2n) is 7.04. The molecule has 1 N–H and O–H groups in total. The van der Waals surface area contributed by atoms with Crippen LogP contribution in [-0.4, -0.2) is 23.8 Å². The third-order valence-corrected chi connectivity index (χ3v) is 4.35. The Morgan fingerprint density at radius 2 is 1.68 bits per heavy atom. The Hall–Kier alpha value is -2.62. The molecule has 0 heterocycles. The van der Waals surface area contributed by atoms with E-state index in [4.69, 9.17) is 0 Å². The fraction of sp³-hybridized carbons (Fsp3) is 0.333. The van der Waals surface area contributed by atoms with E-state index in [1.165, 1.54) is 0 Å². The van der Waals surface area contributed by atoms with Crippen LogP contribution in [0.4, 0.5) is 5.69 Å². The van der Waals surface area contributed by atoms with Crippen LogP contribution in [0.2, 0.25) is 0 Å². The van der Waals surface area contributed by atoms with Crippen LogP contribution in [0.3, 0.4) is 0 Å². The van der Waals surface area contributed by atoms with Gasteiger partial charge in [-0.05, 0) is 50.5 Å². The summed E-state index contributed by atoms with van der Waals surface area (Å²) in [5.41, 5.74) is 2.66. The molecule has 2 aromatic rings. The van der Waals surface area contributed by atoms with Gasteiger partial charge in [0.2, 0.25) is 11.8 Å². The number of hydrogen-bond donors (Lipinski definition) is 1. The summed E-state index contributed by atoms with van der Waals surface area (Å²) in [6, 6.07) is 15.6. The molecule has 2 amide bonds. The molecular formula is C21H26N2O2. The van der Waals surface area contributed by atoms with E-state index in [9.17, 15) is 9.59 Å². The van der Waals surface area contributed by atoms with Crippen molar-refractivity contribution in [3.05, 3.63) is 65.2 Å². The Bertz CT molecular complexity index is 767. The quantitative estimate of drug-likeness (QED) is 0.840. The van der Waals surface area contributed by atoms with Gasteiger partial charge in [0.15, 0.2) is 0 Å². The standard InChI is InChI=1S/C21H26N2O2/c1-15-11-12-16(2)18(13-15)22-19(24)21(3,4)20(25)23(5)14-17-9-7-6-8-10-17/h6-13H,14H2,1-5H3,(H,22,24). The van der Waals surface area contributed by atoms with Gasteiger partial charge in [-0.1, -0.05) is 42.5 Å². The summed E-state index contributed by atoms with van der Waals surface area (Å²) in [4.78, 5) is 27.2. The molecule has 0 radical (unpaired) electrons. The number of amides is 2. The summed E-state index contributed by atoms with van der Waals surface area (Å²) in [6.07, 6.45) is 0. The van der Waals surface area contributed by atoms with E-state index in [0.29, 0.717) is 6.54 Å². The highest BCUT2D eigenvalue weighted by Crippen LogP contribution is 2.24. The molecule has 0 aromatic heterocycles. The highest BCUT2D eigenvalue weighted by molar-refractivity contribution is 6.10. The number of nitrogens with one attached hydrogen (secondary N) is 1. The molecule has 0 spiro atoms. The molecule has 0 aliphatic carbocycles. The molecule has 4 heteroatoms. The molecule has 0 saturated carbocycles. The van der Waals surface area contributed by atoms with Crippen LogP contribution in [0.5, 0.6) is 0 Å². The van der Waals surface area contributed by atoms with Gasteiger partial charge >= 0.3 is 0 Å². The smallest absolute Gasteiger partial charge is 0.239 e. The summed E-state index contributed by atoms with van der Waals surface area (Å²) in [6.45, 7) is 7.71. The number of anilines is 1.